The fraction of sp³-hybridized carbons (Fsp3) is 0.250. The highest BCUT2D eigenvalue weighted by molar-refractivity contribution is 5.65. The quantitative estimate of drug-likeness (QED) is 0.434. The molecule has 1 rings (SSSR count). The molecule has 0 radical (unpaired) electrons. The summed E-state index contributed by atoms with van der Waals surface area (Å²) in [4.78, 5) is -1.99. The van der Waals surface area contributed by atoms with Crippen molar-refractivity contribution < 1.29 is 18.4 Å². The van der Waals surface area contributed by atoms with Gasteiger partial charge in [-0.3, -0.25) is 0 Å². The molecule has 0 aliphatic heterocycles. The van der Waals surface area contributed by atoms with Gasteiger partial charge >= 0.3 is 6.18 Å². The van der Waals surface area contributed by atoms with Crippen LogP contribution < -0.4 is 10.5 Å². The van der Waals surface area contributed by atoms with E-state index < -0.39 is 22.2 Å². The van der Waals surface area contributed by atoms with Crippen LogP contribution in [-0.2, 0) is 6.18 Å². The molecule has 1 atom stereocenters. The topological polar surface area (TPSA) is 69.3 Å². The SMILES string of the molecule is C[N+]([O-])(O)c1cc(C(F)(F)F)ccc1N. The van der Waals surface area contributed by atoms with Crippen molar-refractivity contribution in [1.82, 2.24) is 4.81 Å². The van der Waals surface area contributed by atoms with E-state index in [0.29, 0.717) is 6.07 Å². The van der Waals surface area contributed by atoms with Gasteiger partial charge in [0.15, 0.2) is 5.69 Å². The molecule has 0 amide bonds. The van der Waals surface area contributed by atoms with E-state index >= 15 is 0 Å². The Morgan fingerprint density at radius 2 is 1.93 bits per heavy atom. The molecule has 0 saturated heterocycles. The molecule has 1 unspecified atom stereocenters. The van der Waals surface area contributed by atoms with Gasteiger partial charge < -0.3 is 10.9 Å². The van der Waals surface area contributed by atoms with Gasteiger partial charge in [0, 0.05) is 6.07 Å². The highest BCUT2D eigenvalue weighted by Gasteiger charge is 2.32. The van der Waals surface area contributed by atoms with E-state index in [-0.39, 0.29) is 5.69 Å². The van der Waals surface area contributed by atoms with Crippen molar-refractivity contribution in [1.29, 1.82) is 0 Å². The Labute approximate surface area is 83.5 Å². The van der Waals surface area contributed by atoms with E-state index in [2.05, 4.69) is 0 Å². The summed E-state index contributed by atoms with van der Waals surface area (Å²) in [5, 5.41) is 20.0. The lowest BCUT2D eigenvalue weighted by Gasteiger charge is -2.29. The summed E-state index contributed by atoms with van der Waals surface area (Å²) in [5.74, 6) is 0. The summed E-state index contributed by atoms with van der Waals surface area (Å²) in [6, 6.07) is 2.21. The molecule has 15 heavy (non-hydrogen) atoms. The van der Waals surface area contributed by atoms with Gasteiger partial charge in [0.05, 0.1) is 11.3 Å². The Bertz CT molecular complexity index is 371. The van der Waals surface area contributed by atoms with Gasteiger partial charge in [0.25, 0.3) is 0 Å². The van der Waals surface area contributed by atoms with Gasteiger partial charge in [-0.2, -0.15) is 18.0 Å². The lowest BCUT2D eigenvalue weighted by Crippen LogP contribution is -2.34. The fourth-order valence-electron chi connectivity index (χ4n) is 1.08. The molecular formula is C8H9F3N2O2. The molecule has 4 nitrogen and oxygen atoms in total. The Morgan fingerprint density at radius 3 is 2.33 bits per heavy atom. The monoisotopic (exact) mass is 222 g/mol. The van der Waals surface area contributed by atoms with Crippen LogP contribution in [0.2, 0.25) is 0 Å². The molecule has 0 saturated carbocycles. The summed E-state index contributed by atoms with van der Waals surface area (Å²) in [5.41, 5.74) is 3.52. The van der Waals surface area contributed by atoms with Gasteiger partial charge in [0.1, 0.15) is 7.05 Å². The van der Waals surface area contributed by atoms with E-state index in [0.717, 1.165) is 19.2 Å². The van der Waals surface area contributed by atoms with Crippen LogP contribution in [0.25, 0.3) is 0 Å². The molecule has 3 N–H and O–H groups in total. The number of hydrogen-bond donors (Lipinski definition) is 2. The number of hydroxylamine groups is 2. The summed E-state index contributed by atoms with van der Waals surface area (Å²) in [6.45, 7) is 0. The smallest absolute Gasteiger partial charge is 0.416 e. The summed E-state index contributed by atoms with van der Waals surface area (Å²) >= 11 is 0. The van der Waals surface area contributed by atoms with Gasteiger partial charge in [-0.1, -0.05) is 0 Å². The van der Waals surface area contributed by atoms with Crippen molar-refractivity contribution in [2.45, 2.75) is 6.18 Å². The molecular weight excluding hydrogens is 213 g/mol. The molecule has 0 aliphatic rings. The Hall–Kier alpha value is -1.31. The zero-order valence-electron chi connectivity index (χ0n) is 7.75. The van der Waals surface area contributed by atoms with Crippen molar-refractivity contribution in [2.75, 3.05) is 12.8 Å². The number of nitrogens with two attached hydrogens (primary N) is 1. The minimum atomic E-state index is -4.57. The van der Waals surface area contributed by atoms with E-state index in [9.17, 15) is 18.4 Å². The molecule has 0 aliphatic carbocycles. The molecule has 1 aromatic rings. The maximum absolute atomic E-state index is 12.3. The number of nitrogen functional groups attached to an aromatic ring is 1. The van der Waals surface area contributed by atoms with E-state index in [1.54, 1.807) is 0 Å². The molecule has 0 heterocycles. The highest BCUT2D eigenvalue weighted by Crippen LogP contribution is 2.35. The first-order chi connectivity index (χ1) is 6.62. The molecule has 0 aromatic heterocycles. The average molecular weight is 222 g/mol. The number of nitrogens with zero attached hydrogens (tertiary/aromatic N) is 1. The molecule has 0 spiro atoms. The minimum absolute atomic E-state index is 0.192. The van der Waals surface area contributed by atoms with Gasteiger partial charge in [-0.05, 0) is 12.1 Å². The van der Waals surface area contributed by atoms with Crippen LogP contribution in [0.15, 0.2) is 18.2 Å². The number of benzene rings is 1. The zero-order valence-corrected chi connectivity index (χ0v) is 7.75. The van der Waals surface area contributed by atoms with E-state index in [1.807, 2.05) is 0 Å². The van der Waals surface area contributed by atoms with Crippen LogP contribution in [0, 0.1) is 5.21 Å². The van der Waals surface area contributed by atoms with Crippen molar-refractivity contribution in [3.63, 3.8) is 0 Å². The molecule has 0 fully saturated rings. The maximum atomic E-state index is 12.3. The molecule has 84 valence electrons. The Morgan fingerprint density at radius 1 is 1.40 bits per heavy atom. The predicted molar refractivity (Wildman–Crippen MR) is 48.7 cm³/mol. The minimum Gasteiger partial charge on any atom is -0.593 e. The number of rotatable bonds is 1. The van der Waals surface area contributed by atoms with Crippen LogP contribution in [0.3, 0.4) is 0 Å². The maximum Gasteiger partial charge on any atom is 0.416 e. The Balaban J connectivity index is 3.30. The second-order valence-corrected chi connectivity index (χ2v) is 3.15. The Kier molecular flexibility index (Phi) is 2.64. The molecule has 0 bridgehead atoms. The molecule has 7 heteroatoms. The predicted octanol–water partition coefficient (Wildman–Crippen LogP) is 2.11. The second-order valence-electron chi connectivity index (χ2n) is 3.15. The summed E-state index contributed by atoms with van der Waals surface area (Å²) in [6.07, 6.45) is -4.57. The zero-order chi connectivity index (χ0) is 11.9. The number of alkyl halides is 3. The van der Waals surface area contributed by atoms with E-state index in [4.69, 9.17) is 10.9 Å². The van der Waals surface area contributed by atoms with Crippen molar-refractivity contribution in [2.24, 2.45) is 0 Å². The number of anilines is 1. The third-order valence-corrected chi connectivity index (χ3v) is 1.80. The van der Waals surface area contributed by atoms with Crippen molar-refractivity contribution in [3.05, 3.63) is 29.0 Å². The number of quaternary nitrogens is 1. The van der Waals surface area contributed by atoms with Crippen LogP contribution in [0.1, 0.15) is 5.56 Å². The number of halogens is 3. The van der Waals surface area contributed by atoms with Crippen molar-refractivity contribution >= 4 is 11.4 Å². The first kappa shape index (κ1) is 11.8. The van der Waals surface area contributed by atoms with Gasteiger partial charge in [-0.15, -0.1) is 0 Å². The average Bonchev–Trinajstić information content (AvgIpc) is 2.00. The van der Waals surface area contributed by atoms with Gasteiger partial charge in [-0.25, -0.2) is 5.21 Å². The fourth-order valence-corrected chi connectivity index (χ4v) is 1.08. The van der Waals surface area contributed by atoms with E-state index in [1.165, 1.54) is 0 Å². The van der Waals surface area contributed by atoms with Crippen LogP contribution in [0.4, 0.5) is 24.5 Å². The van der Waals surface area contributed by atoms with Crippen molar-refractivity contribution in [3.8, 4) is 0 Å². The third-order valence-electron chi connectivity index (χ3n) is 1.80. The third kappa shape index (κ3) is 2.58. The lowest BCUT2D eigenvalue weighted by molar-refractivity contribution is -0.137. The summed E-state index contributed by atoms with van der Waals surface area (Å²) in [7, 11) is 0.770. The first-order valence-corrected chi connectivity index (χ1v) is 3.90. The summed E-state index contributed by atoms with van der Waals surface area (Å²) < 4.78 is 36.8. The normalized spacial score (nSPS) is 16.1. The standard InChI is InChI=1S/C8H9F3N2O2/c1-13(14,15)7-4-5(8(9,10)11)2-3-6(7)12/h2-4,14H,12H2,1H3. The highest BCUT2D eigenvalue weighted by atomic mass is 19.4. The van der Waals surface area contributed by atoms with Crippen LogP contribution >= 0.6 is 0 Å². The lowest BCUT2D eigenvalue weighted by atomic mass is 10.1. The molecule has 1 aromatic carbocycles. The van der Waals surface area contributed by atoms with Gasteiger partial charge in [0.2, 0.25) is 0 Å². The second kappa shape index (κ2) is 3.37. The first-order valence-electron chi connectivity index (χ1n) is 3.90. The number of hydrogen-bond acceptors (Lipinski definition) is 3. The largest absolute Gasteiger partial charge is 0.593 e. The van der Waals surface area contributed by atoms with Crippen LogP contribution in [-0.4, -0.2) is 12.3 Å². The van der Waals surface area contributed by atoms with Crippen LogP contribution in [0.5, 0.6) is 0 Å².